The Morgan fingerprint density at radius 2 is 1.16 bits per heavy atom. The summed E-state index contributed by atoms with van der Waals surface area (Å²) in [5.74, 6) is 1.59. The van der Waals surface area contributed by atoms with Gasteiger partial charge in [0.05, 0.1) is 0 Å². The van der Waals surface area contributed by atoms with E-state index >= 15 is 0 Å². The average molecular weight is 552 g/mol. The predicted octanol–water partition coefficient (Wildman–Crippen LogP) is 9.54. The number of aliphatic imine (C=N–C) groups is 2. The van der Waals surface area contributed by atoms with Crippen LogP contribution in [0.5, 0.6) is 0 Å². The number of benzene rings is 7. The highest BCUT2D eigenvalue weighted by atomic mass is 16.3. The quantitative estimate of drug-likeness (QED) is 0.222. The van der Waals surface area contributed by atoms with Crippen LogP contribution in [0.25, 0.3) is 54.3 Å². The maximum absolute atomic E-state index is 6.24. The van der Waals surface area contributed by atoms with E-state index in [9.17, 15) is 0 Å². The number of para-hydroxylation sites is 1. The normalized spacial score (nSPS) is 15.2. The summed E-state index contributed by atoms with van der Waals surface area (Å²) in [5.41, 5.74) is 4.79. The topological polar surface area (TPSA) is 49.9 Å². The highest BCUT2D eigenvalue weighted by Gasteiger charge is 2.25. The third-order valence-corrected chi connectivity index (χ3v) is 8.50. The largest absolute Gasteiger partial charge is 0.456 e. The van der Waals surface area contributed by atoms with Crippen LogP contribution in [0.4, 0.5) is 0 Å². The van der Waals surface area contributed by atoms with Gasteiger partial charge in [-0.1, -0.05) is 121 Å². The molecule has 202 valence electrons. The van der Waals surface area contributed by atoms with Crippen LogP contribution in [0, 0.1) is 0 Å². The molecule has 8 aromatic rings. The number of nitrogens with zero attached hydrogens (tertiary/aromatic N) is 2. The minimum atomic E-state index is -0.460. The van der Waals surface area contributed by atoms with Crippen molar-refractivity contribution in [3.05, 3.63) is 156 Å². The Bertz CT molecular complexity index is 2420. The van der Waals surface area contributed by atoms with Crippen molar-refractivity contribution in [2.75, 3.05) is 0 Å². The highest BCUT2D eigenvalue weighted by molar-refractivity contribution is 6.28. The van der Waals surface area contributed by atoms with Crippen LogP contribution in [-0.4, -0.2) is 11.7 Å². The first kappa shape index (κ1) is 23.9. The molecule has 7 aromatic carbocycles. The molecule has 0 saturated heterocycles. The van der Waals surface area contributed by atoms with Gasteiger partial charge in [0, 0.05) is 27.5 Å². The Balaban J connectivity index is 1.34. The molecule has 1 atom stereocenters. The molecule has 0 aliphatic carbocycles. The average Bonchev–Trinajstić information content (AvgIpc) is 3.47. The van der Waals surface area contributed by atoms with Gasteiger partial charge in [-0.05, 0) is 50.5 Å². The predicted molar refractivity (Wildman–Crippen MR) is 178 cm³/mol. The molecule has 4 heteroatoms. The molecule has 0 fully saturated rings. The van der Waals surface area contributed by atoms with E-state index in [4.69, 9.17) is 14.4 Å². The molecule has 1 N–H and O–H groups in total. The molecular weight excluding hydrogens is 526 g/mol. The van der Waals surface area contributed by atoms with Crippen molar-refractivity contribution in [3.63, 3.8) is 0 Å². The first-order valence-electron chi connectivity index (χ1n) is 14.5. The second-order valence-electron chi connectivity index (χ2n) is 11.0. The minimum absolute atomic E-state index is 0.460. The lowest BCUT2D eigenvalue weighted by molar-refractivity contribution is 0.667. The molecule has 0 amide bonds. The van der Waals surface area contributed by atoms with E-state index in [1.165, 1.54) is 26.9 Å². The van der Waals surface area contributed by atoms with Crippen molar-refractivity contribution in [1.82, 2.24) is 5.32 Å². The van der Waals surface area contributed by atoms with Gasteiger partial charge in [0.15, 0.2) is 6.17 Å². The third-order valence-electron chi connectivity index (χ3n) is 8.50. The van der Waals surface area contributed by atoms with Gasteiger partial charge in [-0.25, -0.2) is 9.98 Å². The van der Waals surface area contributed by atoms with E-state index in [0.717, 1.165) is 55.7 Å². The van der Waals surface area contributed by atoms with Crippen LogP contribution in [0.15, 0.2) is 154 Å². The van der Waals surface area contributed by atoms with Crippen LogP contribution in [0.2, 0.25) is 0 Å². The van der Waals surface area contributed by atoms with Gasteiger partial charge in [-0.3, -0.25) is 0 Å². The van der Waals surface area contributed by atoms with Gasteiger partial charge in [0.1, 0.15) is 22.8 Å². The van der Waals surface area contributed by atoms with Crippen molar-refractivity contribution >= 4 is 65.9 Å². The van der Waals surface area contributed by atoms with Crippen molar-refractivity contribution in [2.45, 2.75) is 6.17 Å². The van der Waals surface area contributed by atoms with Gasteiger partial charge in [-0.2, -0.15) is 0 Å². The summed E-state index contributed by atoms with van der Waals surface area (Å²) >= 11 is 0. The summed E-state index contributed by atoms with van der Waals surface area (Å²) in [4.78, 5) is 10.6. The maximum Gasteiger partial charge on any atom is 0.170 e. The number of nitrogens with one attached hydrogen (secondary N) is 1. The Kier molecular flexibility index (Phi) is 5.23. The van der Waals surface area contributed by atoms with Crippen molar-refractivity contribution in [1.29, 1.82) is 0 Å². The van der Waals surface area contributed by atoms with Crippen LogP contribution < -0.4 is 5.32 Å². The van der Waals surface area contributed by atoms with E-state index in [-0.39, 0.29) is 0 Å². The molecule has 2 heterocycles. The van der Waals surface area contributed by atoms with Crippen molar-refractivity contribution < 1.29 is 4.42 Å². The van der Waals surface area contributed by atoms with Crippen LogP contribution in [0.3, 0.4) is 0 Å². The minimum Gasteiger partial charge on any atom is -0.456 e. The Hall–Kier alpha value is -5.74. The van der Waals surface area contributed by atoms with Gasteiger partial charge in [0.25, 0.3) is 0 Å². The van der Waals surface area contributed by atoms with Gasteiger partial charge in [-0.15, -0.1) is 0 Å². The standard InChI is InChI=1S/C39H25N3O/c1-2-12-25(13-3-1)37-40-38(31-18-10-20-34-36(31)30-17-8-9-19-33(30)43-34)42-39(41-37)32-23-26-14-5-7-16-28(26)35-27-15-6-4-11-24(27)21-22-29(32)35/h1-23,38H,(H,40,41,42). The van der Waals surface area contributed by atoms with E-state index in [2.05, 4.69) is 102 Å². The smallest absolute Gasteiger partial charge is 0.170 e. The number of amidine groups is 2. The summed E-state index contributed by atoms with van der Waals surface area (Å²) in [7, 11) is 0. The molecule has 1 aromatic heterocycles. The van der Waals surface area contributed by atoms with Crippen molar-refractivity contribution in [3.8, 4) is 0 Å². The lowest BCUT2D eigenvalue weighted by Gasteiger charge is -2.24. The Morgan fingerprint density at radius 1 is 0.488 bits per heavy atom. The highest BCUT2D eigenvalue weighted by Crippen LogP contribution is 2.39. The number of rotatable bonds is 3. The summed E-state index contributed by atoms with van der Waals surface area (Å²) in [6.07, 6.45) is -0.460. The van der Waals surface area contributed by atoms with Crippen LogP contribution >= 0.6 is 0 Å². The third kappa shape index (κ3) is 3.77. The monoisotopic (exact) mass is 551 g/mol. The Morgan fingerprint density at radius 3 is 2.02 bits per heavy atom. The first-order chi connectivity index (χ1) is 21.3. The first-order valence-corrected chi connectivity index (χ1v) is 14.5. The molecule has 1 aliphatic rings. The zero-order chi connectivity index (χ0) is 28.3. The molecule has 1 unspecified atom stereocenters. The fraction of sp³-hybridized carbons (Fsp3) is 0.0256. The molecule has 0 spiro atoms. The summed E-state index contributed by atoms with van der Waals surface area (Å²) in [5, 5.41) is 13.0. The van der Waals surface area contributed by atoms with Gasteiger partial charge in [0.2, 0.25) is 0 Å². The lowest BCUT2D eigenvalue weighted by atomic mass is 9.92. The number of furan rings is 1. The van der Waals surface area contributed by atoms with Crippen LogP contribution in [0.1, 0.15) is 22.9 Å². The zero-order valence-corrected chi connectivity index (χ0v) is 23.2. The summed E-state index contributed by atoms with van der Waals surface area (Å²) in [6, 6.07) is 48.6. The zero-order valence-electron chi connectivity index (χ0n) is 23.2. The van der Waals surface area contributed by atoms with Gasteiger partial charge >= 0.3 is 0 Å². The molecule has 0 radical (unpaired) electrons. The maximum atomic E-state index is 6.24. The van der Waals surface area contributed by atoms with E-state index in [0.29, 0.717) is 0 Å². The molecule has 0 saturated carbocycles. The SMILES string of the molecule is c1ccc(C2=NC(c3cccc4oc5ccccc5c34)N=C(c3cc4ccccc4c4c3ccc3ccccc34)N2)cc1. The molecule has 9 rings (SSSR count). The molecule has 1 aliphatic heterocycles. The molecule has 43 heavy (non-hydrogen) atoms. The number of hydrogen-bond acceptors (Lipinski definition) is 4. The number of hydrogen-bond donors (Lipinski definition) is 1. The fourth-order valence-electron chi connectivity index (χ4n) is 6.55. The second-order valence-corrected chi connectivity index (χ2v) is 11.0. The second kappa shape index (κ2) is 9.40. The molecule has 4 nitrogen and oxygen atoms in total. The van der Waals surface area contributed by atoms with E-state index in [1.807, 2.05) is 42.5 Å². The molecular formula is C39H25N3O. The van der Waals surface area contributed by atoms with E-state index in [1.54, 1.807) is 0 Å². The summed E-state index contributed by atoms with van der Waals surface area (Å²) in [6.45, 7) is 0. The fourth-order valence-corrected chi connectivity index (χ4v) is 6.55. The summed E-state index contributed by atoms with van der Waals surface area (Å²) < 4.78 is 6.24. The number of fused-ring (bicyclic) bond motifs is 8. The molecule has 0 bridgehead atoms. The Labute approximate surface area is 247 Å². The lowest BCUT2D eigenvalue weighted by Crippen LogP contribution is -2.36. The van der Waals surface area contributed by atoms with E-state index < -0.39 is 6.17 Å². The van der Waals surface area contributed by atoms with Gasteiger partial charge < -0.3 is 9.73 Å². The van der Waals surface area contributed by atoms with Crippen LogP contribution in [-0.2, 0) is 0 Å². The van der Waals surface area contributed by atoms with Crippen molar-refractivity contribution in [2.24, 2.45) is 9.98 Å².